The quantitative estimate of drug-likeness (QED) is 0.506. The van der Waals surface area contributed by atoms with E-state index in [9.17, 15) is 0 Å². The van der Waals surface area contributed by atoms with Crippen LogP contribution in [0.2, 0.25) is 0 Å². The minimum absolute atomic E-state index is 0.0278. The van der Waals surface area contributed by atoms with Crippen LogP contribution in [0.25, 0.3) is 0 Å². The fourth-order valence-corrected chi connectivity index (χ4v) is 0.231. The lowest BCUT2D eigenvalue weighted by molar-refractivity contribution is 0.0650. The highest BCUT2D eigenvalue weighted by molar-refractivity contribution is 4.52. The highest BCUT2D eigenvalue weighted by Crippen LogP contribution is 1.68. The molecule has 0 radical (unpaired) electrons. The Hall–Kier alpha value is -1.08. The summed E-state index contributed by atoms with van der Waals surface area (Å²) in [5.41, 5.74) is 4.50. The fraction of sp³-hybridized carbons (Fsp3) is 0.400. The van der Waals surface area contributed by atoms with Crippen LogP contribution in [-0.4, -0.2) is 36.6 Å². The van der Waals surface area contributed by atoms with Crippen LogP contribution in [0.5, 0.6) is 0 Å². The standard InChI is InChI=1S/C4H10O3.2C3H4/c5-1-3-7-4-2-6;2*1-3-2/h5-6H,1-4H2;2*1-2H2. The largest absolute Gasteiger partial charge is 0.394 e. The minimum atomic E-state index is 0.0278. The number of hydrogen-bond donors (Lipinski definition) is 2. The smallest absolute Gasteiger partial charge is 0.0698 e. The SMILES string of the molecule is C=C=C.C=C=C.OCCOCCO. The Morgan fingerprint density at radius 3 is 1.23 bits per heavy atom. The summed E-state index contributed by atoms with van der Waals surface area (Å²) in [6, 6.07) is 0. The summed E-state index contributed by atoms with van der Waals surface area (Å²) in [5, 5.41) is 16.2. The van der Waals surface area contributed by atoms with Gasteiger partial charge in [-0.2, -0.15) is 0 Å². The molecule has 0 fully saturated rings. The molecule has 0 atom stereocenters. The summed E-state index contributed by atoms with van der Waals surface area (Å²) < 4.78 is 4.63. The summed E-state index contributed by atoms with van der Waals surface area (Å²) >= 11 is 0. The first kappa shape index (κ1) is 17.9. The monoisotopic (exact) mass is 186 g/mol. The van der Waals surface area contributed by atoms with Crippen molar-refractivity contribution >= 4 is 0 Å². The highest BCUT2D eigenvalue weighted by atomic mass is 16.5. The van der Waals surface area contributed by atoms with E-state index in [0.717, 1.165) is 0 Å². The van der Waals surface area contributed by atoms with Crippen molar-refractivity contribution < 1.29 is 14.9 Å². The van der Waals surface area contributed by atoms with Crippen molar-refractivity contribution in [3.8, 4) is 0 Å². The molecule has 0 heterocycles. The van der Waals surface area contributed by atoms with Gasteiger partial charge in [-0.05, 0) is 0 Å². The zero-order chi connectivity index (χ0) is 10.9. The van der Waals surface area contributed by atoms with Crippen LogP contribution in [0.15, 0.2) is 37.8 Å². The summed E-state index contributed by atoms with van der Waals surface area (Å²) in [7, 11) is 0. The first-order valence-corrected chi connectivity index (χ1v) is 3.62. The van der Waals surface area contributed by atoms with Crippen LogP contribution < -0.4 is 0 Å². The Morgan fingerprint density at radius 1 is 0.846 bits per heavy atom. The second-order valence-electron chi connectivity index (χ2n) is 1.56. The van der Waals surface area contributed by atoms with Gasteiger partial charge in [0.15, 0.2) is 0 Å². The van der Waals surface area contributed by atoms with Gasteiger partial charge in [-0.15, -0.1) is 11.5 Å². The lowest BCUT2D eigenvalue weighted by Gasteiger charge is -1.94. The number of aliphatic hydroxyl groups is 2. The molecule has 3 heteroatoms. The predicted octanol–water partition coefficient (Wildman–Crippen LogP) is 0.902. The molecule has 0 saturated carbocycles. The molecule has 13 heavy (non-hydrogen) atoms. The van der Waals surface area contributed by atoms with Crippen molar-refractivity contribution in [1.29, 1.82) is 0 Å². The molecular weight excluding hydrogens is 168 g/mol. The molecule has 0 spiro atoms. The Labute approximate surface area is 80.0 Å². The lowest BCUT2D eigenvalue weighted by Crippen LogP contribution is -2.03. The molecule has 0 saturated heterocycles. The summed E-state index contributed by atoms with van der Waals surface area (Å²) in [6.07, 6.45) is 0. The van der Waals surface area contributed by atoms with Gasteiger partial charge in [-0.25, -0.2) is 0 Å². The number of hydrogen-bond acceptors (Lipinski definition) is 3. The van der Waals surface area contributed by atoms with Crippen molar-refractivity contribution in [1.82, 2.24) is 0 Å². The maximum atomic E-state index is 8.09. The Kier molecular flexibility index (Phi) is 42.1. The van der Waals surface area contributed by atoms with Crippen molar-refractivity contribution in [2.24, 2.45) is 0 Å². The molecule has 0 aliphatic rings. The van der Waals surface area contributed by atoms with E-state index in [2.05, 4.69) is 42.5 Å². The van der Waals surface area contributed by atoms with Gasteiger partial charge in [0.1, 0.15) is 0 Å². The van der Waals surface area contributed by atoms with Crippen LogP contribution in [0.4, 0.5) is 0 Å². The number of ether oxygens (including phenoxy) is 1. The van der Waals surface area contributed by atoms with E-state index in [1.54, 1.807) is 0 Å². The normalized spacial score (nSPS) is 6.31. The molecule has 0 aromatic heterocycles. The van der Waals surface area contributed by atoms with E-state index in [4.69, 9.17) is 10.2 Å². The first-order valence-electron chi connectivity index (χ1n) is 3.62. The van der Waals surface area contributed by atoms with Crippen LogP contribution in [0.1, 0.15) is 0 Å². The Balaban J connectivity index is -0.000000140. The van der Waals surface area contributed by atoms with Gasteiger partial charge in [0.25, 0.3) is 0 Å². The van der Waals surface area contributed by atoms with E-state index >= 15 is 0 Å². The van der Waals surface area contributed by atoms with Crippen molar-refractivity contribution in [2.75, 3.05) is 26.4 Å². The van der Waals surface area contributed by atoms with E-state index in [1.165, 1.54) is 0 Å². The fourth-order valence-electron chi connectivity index (χ4n) is 0.231. The van der Waals surface area contributed by atoms with Crippen LogP contribution >= 0.6 is 0 Å². The predicted molar refractivity (Wildman–Crippen MR) is 54.5 cm³/mol. The Bertz CT molecular complexity index is 113. The third-order valence-corrected chi connectivity index (χ3v) is 0.471. The molecular formula is C10H18O3. The number of aliphatic hydroxyl groups excluding tert-OH is 2. The molecule has 0 unspecified atom stereocenters. The highest BCUT2D eigenvalue weighted by Gasteiger charge is 1.79. The second-order valence-corrected chi connectivity index (χ2v) is 1.56. The molecule has 2 N–H and O–H groups in total. The number of rotatable bonds is 4. The molecule has 76 valence electrons. The molecule has 0 amide bonds. The maximum absolute atomic E-state index is 8.09. The van der Waals surface area contributed by atoms with Crippen molar-refractivity contribution in [2.45, 2.75) is 0 Å². The van der Waals surface area contributed by atoms with E-state index in [-0.39, 0.29) is 13.2 Å². The first-order chi connectivity index (χ1) is 6.24. The third kappa shape index (κ3) is 102. The summed E-state index contributed by atoms with van der Waals surface area (Å²) in [4.78, 5) is 0. The maximum Gasteiger partial charge on any atom is 0.0698 e. The van der Waals surface area contributed by atoms with Crippen LogP contribution in [-0.2, 0) is 4.74 Å². The lowest BCUT2D eigenvalue weighted by atomic mass is 10.7. The minimum Gasteiger partial charge on any atom is -0.394 e. The topological polar surface area (TPSA) is 49.7 Å². The van der Waals surface area contributed by atoms with Gasteiger partial charge in [0.05, 0.1) is 26.4 Å². The van der Waals surface area contributed by atoms with Gasteiger partial charge in [0.2, 0.25) is 0 Å². The van der Waals surface area contributed by atoms with Crippen molar-refractivity contribution in [3.05, 3.63) is 37.8 Å². The van der Waals surface area contributed by atoms with Gasteiger partial charge in [0, 0.05) is 0 Å². The molecule has 0 aliphatic heterocycles. The average molecular weight is 186 g/mol. The zero-order valence-electron chi connectivity index (χ0n) is 7.96. The molecule has 0 aromatic rings. The molecule has 3 nitrogen and oxygen atoms in total. The Morgan fingerprint density at radius 2 is 1.08 bits per heavy atom. The van der Waals surface area contributed by atoms with Crippen molar-refractivity contribution in [3.63, 3.8) is 0 Å². The van der Waals surface area contributed by atoms with E-state index in [0.29, 0.717) is 13.2 Å². The van der Waals surface area contributed by atoms with E-state index < -0.39 is 0 Å². The van der Waals surface area contributed by atoms with Crippen LogP contribution in [0, 0.1) is 0 Å². The zero-order valence-corrected chi connectivity index (χ0v) is 7.96. The third-order valence-electron chi connectivity index (χ3n) is 0.471. The summed E-state index contributed by atoms with van der Waals surface area (Å²) in [6.45, 7) is 13.2. The van der Waals surface area contributed by atoms with E-state index in [1.807, 2.05) is 0 Å². The summed E-state index contributed by atoms with van der Waals surface area (Å²) in [5.74, 6) is 0. The van der Waals surface area contributed by atoms with Gasteiger partial charge < -0.3 is 14.9 Å². The van der Waals surface area contributed by atoms with Gasteiger partial charge in [-0.1, -0.05) is 26.3 Å². The molecule has 0 aromatic carbocycles. The molecule has 0 rings (SSSR count). The average Bonchev–Trinajstić information content (AvgIpc) is 2.08. The van der Waals surface area contributed by atoms with Gasteiger partial charge >= 0.3 is 0 Å². The van der Waals surface area contributed by atoms with Gasteiger partial charge in [-0.3, -0.25) is 0 Å². The second kappa shape index (κ2) is 30.7. The molecule has 0 bridgehead atoms. The van der Waals surface area contributed by atoms with Crippen LogP contribution in [0.3, 0.4) is 0 Å². The molecule has 0 aliphatic carbocycles.